The quantitative estimate of drug-likeness (QED) is 0.762. The number of ether oxygens (including phenoxy) is 1. The Bertz CT molecular complexity index is 699. The lowest BCUT2D eigenvalue weighted by molar-refractivity contribution is 0.240. The molecule has 2 aromatic carbocycles. The predicted octanol–water partition coefficient (Wildman–Crippen LogP) is 3.53. The molecule has 0 heterocycles. The highest BCUT2D eigenvalue weighted by Gasteiger charge is 2.09. The van der Waals surface area contributed by atoms with Crippen LogP contribution in [0.3, 0.4) is 0 Å². The standard InChI is InChI=1S/C21H29N3O2/c1-16(2)24(3)15-19-8-6-5-7-18(19)14-23-21(25)22-13-17-9-11-20(26-4)12-10-17/h5-12,16H,13-15H2,1-4H3,(H2,22,23,25). The molecule has 5 nitrogen and oxygen atoms in total. The Morgan fingerprint density at radius 1 is 1.00 bits per heavy atom. The van der Waals surface area contributed by atoms with Gasteiger partial charge in [0.05, 0.1) is 7.11 Å². The number of carbonyl (C=O) groups is 1. The summed E-state index contributed by atoms with van der Waals surface area (Å²) in [6.07, 6.45) is 0. The van der Waals surface area contributed by atoms with Crippen molar-refractivity contribution in [2.45, 2.75) is 39.5 Å². The number of nitrogens with zero attached hydrogens (tertiary/aromatic N) is 1. The first kappa shape index (κ1) is 19.8. The summed E-state index contributed by atoms with van der Waals surface area (Å²) in [5.41, 5.74) is 3.40. The summed E-state index contributed by atoms with van der Waals surface area (Å²) in [7, 11) is 3.74. The van der Waals surface area contributed by atoms with Crippen molar-refractivity contribution in [2.75, 3.05) is 14.2 Å². The summed E-state index contributed by atoms with van der Waals surface area (Å²) in [5.74, 6) is 0.807. The molecule has 2 aromatic rings. The van der Waals surface area contributed by atoms with E-state index in [9.17, 15) is 4.79 Å². The zero-order chi connectivity index (χ0) is 18.9. The molecule has 0 aliphatic carbocycles. The van der Waals surface area contributed by atoms with Gasteiger partial charge in [-0.3, -0.25) is 4.90 Å². The van der Waals surface area contributed by atoms with Gasteiger partial charge in [0.15, 0.2) is 0 Å². The number of hydrogen-bond donors (Lipinski definition) is 2. The van der Waals surface area contributed by atoms with Gasteiger partial charge in [-0.05, 0) is 49.7 Å². The highest BCUT2D eigenvalue weighted by molar-refractivity contribution is 5.73. The predicted molar refractivity (Wildman–Crippen MR) is 105 cm³/mol. The number of nitrogens with one attached hydrogen (secondary N) is 2. The van der Waals surface area contributed by atoms with E-state index < -0.39 is 0 Å². The van der Waals surface area contributed by atoms with Gasteiger partial charge in [-0.25, -0.2) is 4.79 Å². The summed E-state index contributed by atoms with van der Waals surface area (Å²) in [6, 6.07) is 16.2. The summed E-state index contributed by atoms with van der Waals surface area (Å²) in [6.45, 7) is 6.20. The van der Waals surface area contributed by atoms with E-state index in [1.165, 1.54) is 5.56 Å². The lowest BCUT2D eigenvalue weighted by Crippen LogP contribution is -2.35. The minimum atomic E-state index is -0.173. The third-order valence-corrected chi connectivity index (χ3v) is 4.47. The Morgan fingerprint density at radius 3 is 2.23 bits per heavy atom. The topological polar surface area (TPSA) is 53.6 Å². The van der Waals surface area contributed by atoms with Crippen LogP contribution in [0.1, 0.15) is 30.5 Å². The first-order valence-corrected chi connectivity index (χ1v) is 8.91. The molecule has 0 radical (unpaired) electrons. The molecule has 0 saturated carbocycles. The van der Waals surface area contributed by atoms with Crippen molar-refractivity contribution in [1.82, 2.24) is 15.5 Å². The summed E-state index contributed by atoms with van der Waals surface area (Å²) < 4.78 is 5.13. The van der Waals surface area contributed by atoms with Crippen LogP contribution >= 0.6 is 0 Å². The average molecular weight is 355 g/mol. The molecule has 0 aliphatic heterocycles. The van der Waals surface area contributed by atoms with E-state index in [4.69, 9.17) is 4.74 Å². The Labute approximate surface area is 156 Å². The van der Waals surface area contributed by atoms with Gasteiger partial charge in [0.25, 0.3) is 0 Å². The van der Waals surface area contributed by atoms with Crippen molar-refractivity contribution in [2.24, 2.45) is 0 Å². The number of carbonyl (C=O) groups excluding carboxylic acids is 1. The molecule has 0 spiro atoms. The monoisotopic (exact) mass is 355 g/mol. The smallest absolute Gasteiger partial charge is 0.315 e. The molecule has 26 heavy (non-hydrogen) atoms. The lowest BCUT2D eigenvalue weighted by atomic mass is 10.1. The van der Waals surface area contributed by atoms with Crippen molar-refractivity contribution in [1.29, 1.82) is 0 Å². The number of benzene rings is 2. The zero-order valence-corrected chi connectivity index (χ0v) is 16.1. The fraction of sp³-hybridized carbons (Fsp3) is 0.381. The van der Waals surface area contributed by atoms with Gasteiger partial charge in [-0.15, -0.1) is 0 Å². The Hall–Kier alpha value is -2.53. The highest BCUT2D eigenvalue weighted by Crippen LogP contribution is 2.13. The molecule has 2 N–H and O–H groups in total. The molecule has 0 atom stereocenters. The fourth-order valence-corrected chi connectivity index (χ4v) is 2.50. The van der Waals surface area contributed by atoms with Crippen molar-refractivity contribution >= 4 is 6.03 Å². The molecule has 0 unspecified atom stereocenters. The van der Waals surface area contributed by atoms with E-state index in [1.807, 2.05) is 36.4 Å². The first-order valence-electron chi connectivity index (χ1n) is 8.91. The molecule has 0 bridgehead atoms. The van der Waals surface area contributed by atoms with Crippen LogP contribution in [0.2, 0.25) is 0 Å². The molecule has 140 valence electrons. The number of rotatable bonds is 8. The largest absolute Gasteiger partial charge is 0.497 e. The van der Waals surface area contributed by atoms with Gasteiger partial charge in [0, 0.05) is 25.7 Å². The number of amides is 2. The third-order valence-electron chi connectivity index (χ3n) is 4.47. The van der Waals surface area contributed by atoms with Gasteiger partial charge < -0.3 is 15.4 Å². The second-order valence-corrected chi connectivity index (χ2v) is 6.66. The second-order valence-electron chi connectivity index (χ2n) is 6.66. The van der Waals surface area contributed by atoms with E-state index in [-0.39, 0.29) is 6.03 Å². The fourth-order valence-electron chi connectivity index (χ4n) is 2.50. The second kappa shape index (κ2) is 9.82. The SMILES string of the molecule is COc1ccc(CNC(=O)NCc2ccccc2CN(C)C(C)C)cc1. The van der Waals surface area contributed by atoms with Crippen molar-refractivity contribution in [3.63, 3.8) is 0 Å². The molecular formula is C21H29N3O2. The normalized spacial score (nSPS) is 10.8. The van der Waals surface area contributed by atoms with Crippen molar-refractivity contribution < 1.29 is 9.53 Å². The minimum absolute atomic E-state index is 0.173. The third kappa shape index (κ3) is 6.08. The molecule has 0 aliphatic rings. The average Bonchev–Trinajstić information content (AvgIpc) is 2.66. The van der Waals surface area contributed by atoms with E-state index in [0.717, 1.165) is 23.4 Å². The van der Waals surface area contributed by atoms with Gasteiger partial charge in [0.2, 0.25) is 0 Å². The van der Waals surface area contributed by atoms with E-state index >= 15 is 0 Å². The molecule has 0 fully saturated rings. The van der Waals surface area contributed by atoms with Gasteiger partial charge in [-0.1, -0.05) is 36.4 Å². The summed E-state index contributed by atoms with van der Waals surface area (Å²) in [5, 5.41) is 5.83. The Kier molecular flexibility index (Phi) is 7.48. The van der Waals surface area contributed by atoms with E-state index in [2.05, 4.69) is 48.6 Å². The van der Waals surface area contributed by atoms with Crippen LogP contribution in [0.25, 0.3) is 0 Å². The van der Waals surface area contributed by atoms with Crippen LogP contribution in [-0.4, -0.2) is 31.1 Å². The molecule has 0 aromatic heterocycles. The van der Waals surface area contributed by atoms with Crippen LogP contribution in [0, 0.1) is 0 Å². The molecular weight excluding hydrogens is 326 g/mol. The highest BCUT2D eigenvalue weighted by atomic mass is 16.5. The van der Waals surface area contributed by atoms with Crippen LogP contribution in [0.4, 0.5) is 4.79 Å². The lowest BCUT2D eigenvalue weighted by Gasteiger charge is -2.22. The van der Waals surface area contributed by atoms with Crippen LogP contribution < -0.4 is 15.4 Å². The zero-order valence-electron chi connectivity index (χ0n) is 16.1. The minimum Gasteiger partial charge on any atom is -0.497 e. The Balaban J connectivity index is 1.85. The van der Waals surface area contributed by atoms with Crippen LogP contribution in [-0.2, 0) is 19.6 Å². The maximum atomic E-state index is 12.1. The van der Waals surface area contributed by atoms with Crippen LogP contribution in [0.15, 0.2) is 48.5 Å². The number of urea groups is 1. The molecule has 2 rings (SSSR count). The first-order chi connectivity index (χ1) is 12.5. The number of methoxy groups -OCH3 is 1. The molecule has 2 amide bonds. The van der Waals surface area contributed by atoms with E-state index in [1.54, 1.807) is 7.11 Å². The summed E-state index contributed by atoms with van der Waals surface area (Å²) in [4.78, 5) is 14.4. The van der Waals surface area contributed by atoms with Gasteiger partial charge >= 0.3 is 6.03 Å². The summed E-state index contributed by atoms with van der Waals surface area (Å²) >= 11 is 0. The van der Waals surface area contributed by atoms with Crippen molar-refractivity contribution in [3.05, 3.63) is 65.2 Å². The maximum Gasteiger partial charge on any atom is 0.315 e. The van der Waals surface area contributed by atoms with Gasteiger partial charge in [0.1, 0.15) is 5.75 Å². The van der Waals surface area contributed by atoms with Crippen molar-refractivity contribution in [3.8, 4) is 5.75 Å². The maximum absolute atomic E-state index is 12.1. The van der Waals surface area contributed by atoms with Gasteiger partial charge in [-0.2, -0.15) is 0 Å². The Morgan fingerprint density at radius 2 is 1.62 bits per heavy atom. The van der Waals surface area contributed by atoms with Crippen LogP contribution in [0.5, 0.6) is 5.75 Å². The molecule has 5 heteroatoms. The molecule has 0 saturated heterocycles. The van der Waals surface area contributed by atoms with E-state index in [0.29, 0.717) is 19.1 Å². The number of hydrogen-bond acceptors (Lipinski definition) is 3.